The van der Waals surface area contributed by atoms with Crippen LogP contribution in [-0.4, -0.2) is 25.8 Å². The summed E-state index contributed by atoms with van der Waals surface area (Å²) in [6, 6.07) is 5.36. The summed E-state index contributed by atoms with van der Waals surface area (Å²) >= 11 is 6.66. The van der Waals surface area contributed by atoms with Crippen molar-refractivity contribution in [2.45, 2.75) is 20.3 Å². The molecule has 0 saturated heterocycles. The van der Waals surface area contributed by atoms with Gasteiger partial charge in [-0.15, -0.1) is 0 Å². The topological polar surface area (TPSA) is 63.2 Å². The van der Waals surface area contributed by atoms with Crippen molar-refractivity contribution in [1.82, 2.24) is 0 Å². The summed E-state index contributed by atoms with van der Waals surface area (Å²) in [7, 11) is -3.17. The van der Waals surface area contributed by atoms with Crippen LogP contribution in [0.5, 0.6) is 0 Å². The van der Waals surface area contributed by atoms with Crippen LogP contribution in [0.4, 0.5) is 5.69 Å². The molecule has 0 aliphatic rings. The molecule has 1 N–H and O–H groups in total. The van der Waals surface area contributed by atoms with Crippen LogP contribution in [-0.2, 0) is 14.6 Å². The van der Waals surface area contributed by atoms with E-state index in [-0.39, 0.29) is 29.8 Å². The lowest BCUT2D eigenvalue weighted by atomic mass is 10.3. The van der Waals surface area contributed by atoms with Gasteiger partial charge in [-0.1, -0.05) is 29.8 Å². The van der Waals surface area contributed by atoms with Gasteiger partial charge in [-0.05, 0) is 40.0 Å². The Labute approximate surface area is 136 Å². The maximum atomic E-state index is 11.8. The van der Waals surface area contributed by atoms with E-state index in [9.17, 15) is 13.2 Å². The number of hydrogen-bond acceptors (Lipinski definition) is 3. The van der Waals surface area contributed by atoms with Crippen LogP contribution in [0, 0.1) is 5.92 Å². The zero-order valence-corrected chi connectivity index (χ0v) is 15.3. The molecule has 1 aromatic rings. The second-order valence-corrected chi connectivity index (χ2v) is 8.93. The van der Waals surface area contributed by atoms with Crippen molar-refractivity contribution in [1.29, 1.82) is 0 Å². The van der Waals surface area contributed by atoms with E-state index in [0.29, 0.717) is 5.69 Å². The van der Waals surface area contributed by atoms with Crippen molar-refractivity contribution in [3.05, 3.63) is 27.1 Å². The van der Waals surface area contributed by atoms with Gasteiger partial charge < -0.3 is 5.32 Å². The van der Waals surface area contributed by atoms with Gasteiger partial charge in [-0.25, -0.2) is 8.42 Å². The van der Waals surface area contributed by atoms with Crippen LogP contribution in [0.1, 0.15) is 20.3 Å². The van der Waals surface area contributed by atoms with Crippen LogP contribution in [0.15, 0.2) is 27.1 Å². The number of carbonyl (C=O) groups excluding carboxylic acids is 1. The van der Waals surface area contributed by atoms with Crippen molar-refractivity contribution in [3.63, 3.8) is 0 Å². The van der Waals surface area contributed by atoms with E-state index in [0.717, 1.165) is 8.95 Å². The smallest absolute Gasteiger partial charge is 0.225 e. The molecule has 0 aliphatic carbocycles. The van der Waals surface area contributed by atoms with Gasteiger partial charge in [-0.2, -0.15) is 0 Å². The first-order chi connectivity index (χ1) is 9.19. The molecule has 0 unspecified atom stereocenters. The molecule has 0 heterocycles. The predicted octanol–water partition coefficient (Wildman–Crippen LogP) is 3.61. The summed E-state index contributed by atoms with van der Waals surface area (Å²) in [6.07, 6.45) is -0.0302. The van der Waals surface area contributed by atoms with Crippen LogP contribution in [0.25, 0.3) is 0 Å². The Bertz CT molecular complexity index is 585. The third-order valence-corrected chi connectivity index (χ3v) is 5.58. The van der Waals surface area contributed by atoms with Gasteiger partial charge >= 0.3 is 0 Å². The van der Waals surface area contributed by atoms with Crippen molar-refractivity contribution in [3.8, 4) is 0 Å². The molecule has 4 nitrogen and oxygen atoms in total. The van der Waals surface area contributed by atoms with Crippen molar-refractivity contribution < 1.29 is 13.2 Å². The van der Waals surface area contributed by atoms with E-state index < -0.39 is 9.84 Å². The lowest BCUT2D eigenvalue weighted by Gasteiger charge is -2.09. The fourth-order valence-corrected chi connectivity index (χ4v) is 4.47. The number of sulfone groups is 1. The molecular weight excluding hydrogens is 410 g/mol. The van der Waals surface area contributed by atoms with Crippen molar-refractivity contribution >= 4 is 53.3 Å². The molecule has 112 valence electrons. The molecule has 0 saturated carbocycles. The molecule has 0 bridgehead atoms. The molecule has 1 amide bonds. The van der Waals surface area contributed by atoms with Crippen LogP contribution >= 0.6 is 31.9 Å². The Balaban J connectivity index is 2.56. The first-order valence-electron chi connectivity index (χ1n) is 6.15. The number of rotatable bonds is 6. The number of benzene rings is 1. The Morgan fingerprint density at radius 3 is 2.50 bits per heavy atom. The highest BCUT2D eigenvalue weighted by Crippen LogP contribution is 2.26. The quantitative estimate of drug-likeness (QED) is 0.755. The van der Waals surface area contributed by atoms with E-state index in [1.807, 2.05) is 19.9 Å². The number of halogens is 2. The Kier molecular flexibility index (Phi) is 6.68. The lowest BCUT2D eigenvalue weighted by Crippen LogP contribution is -2.21. The van der Waals surface area contributed by atoms with Gasteiger partial charge in [0.05, 0.1) is 17.2 Å². The van der Waals surface area contributed by atoms with Crippen LogP contribution < -0.4 is 5.32 Å². The molecule has 0 spiro atoms. The Hall–Kier alpha value is -0.400. The summed E-state index contributed by atoms with van der Waals surface area (Å²) in [5.74, 6) is -0.239. The summed E-state index contributed by atoms with van der Waals surface area (Å²) in [5.41, 5.74) is 0.624. The summed E-state index contributed by atoms with van der Waals surface area (Å²) in [5, 5.41) is 2.69. The lowest BCUT2D eigenvalue weighted by molar-refractivity contribution is -0.115. The fraction of sp³-hybridized carbons (Fsp3) is 0.462. The first kappa shape index (κ1) is 17.7. The molecule has 1 aromatic carbocycles. The van der Waals surface area contributed by atoms with Gasteiger partial charge in [-0.3, -0.25) is 4.79 Å². The normalized spacial score (nSPS) is 11.7. The van der Waals surface area contributed by atoms with Crippen molar-refractivity contribution in [2.24, 2.45) is 5.92 Å². The molecule has 0 aromatic heterocycles. The predicted molar refractivity (Wildman–Crippen MR) is 88.6 cm³/mol. The minimum atomic E-state index is -3.17. The Morgan fingerprint density at radius 2 is 1.95 bits per heavy atom. The summed E-state index contributed by atoms with van der Waals surface area (Å²) < 4.78 is 25.1. The van der Waals surface area contributed by atoms with E-state index in [4.69, 9.17) is 0 Å². The zero-order valence-electron chi connectivity index (χ0n) is 11.3. The van der Waals surface area contributed by atoms with Gasteiger partial charge in [0, 0.05) is 15.4 Å². The molecule has 1 rings (SSSR count). The van der Waals surface area contributed by atoms with Gasteiger partial charge in [0.1, 0.15) is 0 Å². The molecule has 7 heteroatoms. The molecule has 0 atom stereocenters. The van der Waals surface area contributed by atoms with Gasteiger partial charge in [0.15, 0.2) is 9.84 Å². The standard InChI is InChI=1S/C13H17Br2NO3S/c1-9(2)8-20(18,19)6-5-13(17)16-12-4-3-10(14)7-11(12)15/h3-4,7,9H,5-6,8H2,1-2H3,(H,16,17). The fourth-order valence-electron chi connectivity index (χ4n) is 1.64. The molecule has 0 aliphatic heterocycles. The van der Waals surface area contributed by atoms with Gasteiger partial charge in [0.25, 0.3) is 0 Å². The Morgan fingerprint density at radius 1 is 1.30 bits per heavy atom. The highest BCUT2D eigenvalue weighted by atomic mass is 79.9. The SMILES string of the molecule is CC(C)CS(=O)(=O)CCC(=O)Nc1ccc(Br)cc1Br. The van der Waals surface area contributed by atoms with E-state index >= 15 is 0 Å². The largest absolute Gasteiger partial charge is 0.325 e. The number of anilines is 1. The van der Waals surface area contributed by atoms with E-state index in [2.05, 4.69) is 37.2 Å². The second-order valence-electron chi connectivity index (χ2n) is 4.93. The number of amides is 1. The molecule has 0 radical (unpaired) electrons. The first-order valence-corrected chi connectivity index (χ1v) is 9.55. The average molecular weight is 427 g/mol. The number of nitrogens with one attached hydrogen (secondary N) is 1. The number of hydrogen-bond donors (Lipinski definition) is 1. The minimum Gasteiger partial charge on any atom is -0.325 e. The molecule has 20 heavy (non-hydrogen) atoms. The third-order valence-electron chi connectivity index (χ3n) is 2.43. The zero-order chi connectivity index (χ0) is 15.3. The number of carbonyl (C=O) groups is 1. The van der Waals surface area contributed by atoms with E-state index in [1.165, 1.54) is 0 Å². The maximum Gasteiger partial charge on any atom is 0.225 e. The highest BCUT2D eigenvalue weighted by Gasteiger charge is 2.16. The minimum absolute atomic E-state index is 0.0302. The van der Waals surface area contributed by atoms with Crippen molar-refractivity contribution in [2.75, 3.05) is 16.8 Å². The van der Waals surface area contributed by atoms with Gasteiger partial charge in [0.2, 0.25) is 5.91 Å². The van der Waals surface area contributed by atoms with Crippen LogP contribution in [0.2, 0.25) is 0 Å². The summed E-state index contributed by atoms with van der Waals surface area (Å²) in [6.45, 7) is 3.69. The second kappa shape index (κ2) is 7.56. The average Bonchev–Trinajstić information content (AvgIpc) is 2.29. The third kappa shape index (κ3) is 6.37. The maximum absolute atomic E-state index is 11.8. The van der Waals surface area contributed by atoms with Crippen LogP contribution in [0.3, 0.4) is 0 Å². The highest BCUT2D eigenvalue weighted by molar-refractivity contribution is 9.11. The van der Waals surface area contributed by atoms with E-state index in [1.54, 1.807) is 12.1 Å². The molecule has 0 fully saturated rings. The molecular formula is C13H17Br2NO3S. The monoisotopic (exact) mass is 425 g/mol. The summed E-state index contributed by atoms with van der Waals surface area (Å²) in [4.78, 5) is 11.8.